The maximum absolute atomic E-state index is 9.79. The summed E-state index contributed by atoms with van der Waals surface area (Å²) in [6.07, 6.45) is 6.70. The molecular weight excluding hydrogens is 182 g/mol. The van der Waals surface area contributed by atoms with E-state index in [2.05, 4.69) is 18.2 Å². The summed E-state index contributed by atoms with van der Waals surface area (Å²) in [4.78, 5) is 2.32. The number of hydrogen-bond donors (Lipinski definition) is 1. The average Bonchev–Trinajstić information content (AvgIpc) is 2.15. The zero-order chi connectivity index (χ0) is 9.68. The van der Waals surface area contributed by atoms with E-state index in [9.17, 15) is 5.11 Å². The Labute approximate surface area is 85.7 Å². The summed E-state index contributed by atoms with van der Waals surface area (Å²) >= 11 is 1.87. The molecule has 0 bridgehead atoms. The van der Waals surface area contributed by atoms with Crippen molar-refractivity contribution in [3.63, 3.8) is 0 Å². The number of hydrogen-bond acceptors (Lipinski definition) is 3. The summed E-state index contributed by atoms with van der Waals surface area (Å²) in [5.74, 6) is 1.17. The number of rotatable bonds is 4. The molecule has 78 valence electrons. The van der Waals surface area contributed by atoms with Gasteiger partial charge in [-0.15, -0.1) is 0 Å². The first-order valence-electron chi connectivity index (χ1n) is 5.13. The van der Waals surface area contributed by atoms with Crippen LogP contribution in [0.5, 0.6) is 0 Å². The van der Waals surface area contributed by atoms with Gasteiger partial charge in [0.05, 0.1) is 6.10 Å². The van der Waals surface area contributed by atoms with Crippen LogP contribution < -0.4 is 0 Å². The van der Waals surface area contributed by atoms with E-state index in [0.717, 1.165) is 13.0 Å². The molecule has 0 unspecified atom stereocenters. The lowest BCUT2D eigenvalue weighted by Crippen LogP contribution is -2.44. The van der Waals surface area contributed by atoms with Crippen molar-refractivity contribution in [2.24, 2.45) is 0 Å². The fraction of sp³-hybridized carbons (Fsp3) is 1.00. The molecule has 0 radical (unpaired) electrons. The van der Waals surface area contributed by atoms with E-state index in [0.29, 0.717) is 6.04 Å². The molecule has 13 heavy (non-hydrogen) atoms. The summed E-state index contributed by atoms with van der Waals surface area (Å²) in [5, 5.41) is 9.79. The maximum Gasteiger partial charge on any atom is 0.0695 e. The third-order valence-corrected chi connectivity index (χ3v) is 3.50. The second-order valence-electron chi connectivity index (χ2n) is 3.89. The van der Waals surface area contributed by atoms with Gasteiger partial charge in [0.2, 0.25) is 0 Å². The SMILES string of the molecule is CSCCN(C)[C@@H]1CCCC[C@H]1O. The molecule has 1 fully saturated rings. The minimum Gasteiger partial charge on any atom is -0.391 e. The summed E-state index contributed by atoms with van der Waals surface area (Å²) < 4.78 is 0. The van der Waals surface area contributed by atoms with Gasteiger partial charge >= 0.3 is 0 Å². The van der Waals surface area contributed by atoms with Crippen LogP contribution in [-0.4, -0.2) is 47.8 Å². The molecule has 1 aliphatic rings. The first kappa shape index (κ1) is 11.3. The van der Waals surface area contributed by atoms with Crippen LogP contribution in [0, 0.1) is 0 Å². The van der Waals surface area contributed by atoms with Crippen LogP contribution >= 0.6 is 11.8 Å². The van der Waals surface area contributed by atoms with Crippen molar-refractivity contribution in [2.45, 2.75) is 37.8 Å². The van der Waals surface area contributed by atoms with Gasteiger partial charge in [0.15, 0.2) is 0 Å². The van der Waals surface area contributed by atoms with Gasteiger partial charge in [-0.25, -0.2) is 0 Å². The number of aliphatic hydroxyl groups excluding tert-OH is 1. The molecule has 0 amide bonds. The summed E-state index contributed by atoms with van der Waals surface area (Å²) in [7, 11) is 2.13. The molecule has 0 aromatic heterocycles. The molecule has 2 atom stereocenters. The molecule has 0 aromatic carbocycles. The topological polar surface area (TPSA) is 23.5 Å². The van der Waals surface area contributed by atoms with Gasteiger partial charge in [-0.1, -0.05) is 12.8 Å². The van der Waals surface area contributed by atoms with Crippen LogP contribution in [0.1, 0.15) is 25.7 Å². The average molecular weight is 203 g/mol. The molecule has 0 aliphatic heterocycles. The minimum atomic E-state index is -0.0828. The summed E-state index contributed by atoms with van der Waals surface area (Å²) in [5.41, 5.74) is 0. The zero-order valence-electron chi connectivity index (χ0n) is 8.70. The Bertz CT molecular complexity index is 143. The van der Waals surface area contributed by atoms with Gasteiger partial charge in [-0.05, 0) is 26.1 Å². The van der Waals surface area contributed by atoms with Crippen molar-refractivity contribution < 1.29 is 5.11 Å². The Hall–Kier alpha value is 0.270. The van der Waals surface area contributed by atoms with Crippen molar-refractivity contribution >= 4 is 11.8 Å². The monoisotopic (exact) mass is 203 g/mol. The van der Waals surface area contributed by atoms with Gasteiger partial charge < -0.3 is 10.0 Å². The highest BCUT2D eigenvalue weighted by Crippen LogP contribution is 2.22. The Morgan fingerprint density at radius 2 is 2.08 bits per heavy atom. The van der Waals surface area contributed by atoms with Crippen LogP contribution in [0.15, 0.2) is 0 Å². The molecule has 2 nitrogen and oxygen atoms in total. The molecule has 0 aromatic rings. The van der Waals surface area contributed by atoms with Crippen LogP contribution in [0.3, 0.4) is 0 Å². The fourth-order valence-corrected chi connectivity index (χ4v) is 2.48. The molecule has 1 aliphatic carbocycles. The predicted octanol–water partition coefficient (Wildman–Crippen LogP) is 1.58. The van der Waals surface area contributed by atoms with Crippen molar-refractivity contribution in [1.29, 1.82) is 0 Å². The lowest BCUT2D eigenvalue weighted by Gasteiger charge is -2.35. The fourth-order valence-electron chi connectivity index (χ4n) is 2.01. The number of aliphatic hydroxyl groups is 1. The third kappa shape index (κ3) is 3.49. The highest BCUT2D eigenvalue weighted by molar-refractivity contribution is 7.98. The number of likely N-dealkylation sites (N-methyl/N-ethyl adjacent to an activating group) is 1. The van der Waals surface area contributed by atoms with E-state index in [1.807, 2.05) is 11.8 Å². The highest BCUT2D eigenvalue weighted by Gasteiger charge is 2.25. The number of nitrogens with zero attached hydrogens (tertiary/aromatic N) is 1. The first-order chi connectivity index (χ1) is 6.25. The minimum absolute atomic E-state index is 0.0828. The van der Waals surface area contributed by atoms with Gasteiger partial charge in [-0.3, -0.25) is 0 Å². The van der Waals surface area contributed by atoms with Crippen molar-refractivity contribution in [2.75, 3.05) is 25.6 Å². The van der Waals surface area contributed by atoms with Gasteiger partial charge in [0.1, 0.15) is 0 Å². The Morgan fingerprint density at radius 3 is 2.69 bits per heavy atom. The quantitative estimate of drug-likeness (QED) is 0.750. The molecular formula is C10H21NOS. The maximum atomic E-state index is 9.79. The normalized spacial score (nSPS) is 29.5. The first-order valence-corrected chi connectivity index (χ1v) is 6.52. The van der Waals surface area contributed by atoms with E-state index in [1.54, 1.807) is 0 Å². The van der Waals surface area contributed by atoms with E-state index in [4.69, 9.17) is 0 Å². The van der Waals surface area contributed by atoms with Crippen LogP contribution in [0.4, 0.5) is 0 Å². The summed E-state index contributed by atoms with van der Waals surface area (Å²) in [6.45, 7) is 1.10. The lowest BCUT2D eigenvalue weighted by atomic mass is 9.92. The predicted molar refractivity (Wildman–Crippen MR) is 59.3 cm³/mol. The molecule has 0 saturated heterocycles. The third-order valence-electron chi connectivity index (χ3n) is 2.91. The molecule has 1 N–H and O–H groups in total. The van der Waals surface area contributed by atoms with Crippen molar-refractivity contribution in [3.8, 4) is 0 Å². The smallest absolute Gasteiger partial charge is 0.0695 e. The molecule has 1 saturated carbocycles. The molecule has 0 heterocycles. The van der Waals surface area contributed by atoms with Gasteiger partial charge in [0, 0.05) is 18.3 Å². The lowest BCUT2D eigenvalue weighted by molar-refractivity contribution is 0.0351. The van der Waals surface area contributed by atoms with Crippen molar-refractivity contribution in [3.05, 3.63) is 0 Å². The largest absolute Gasteiger partial charge is 0.391 e. The summed E-state index contributed by atoms with van der Waals surface area (Å²) in [6, 6.07) is 0.417. The molecule has 1 rings (SSSR count). The van der Waals surface area contributed by atoms with E-state index < -0.39 is 0 Å². The van der Waals surface area contributed by atoms with E-state index >= 15 is 0 Å². The van der Waals surface area contributed by atoms with Crippen LogP contribution in [-0.2, 0) is 0 Å². The van der Waals surface area contributed by atoms with E-state index in [1.165, 1.54) is 25.0 Å². The van der Waals surface area contributed by atoms with Gasteiger partial charge in [-0.2, -0.15) is 11.8 Å². The van der Waals surface area contributed by atoms with Crippen LogP contribution in [0.25, 0.3) is 0 Å². The Morgan fingerprint density at radius 1 is 1.38 bits per heavy atom. The molecule has 0 spiro atoms. The Balaban J connectivity index is 2.30. The second kappa shape index (κ2) is 5.89. The second-order valence-corrected chi connectivity index (χ2v) is 4.88. The van der Waals surface area contributed by atoms with Crippen LogP contribution in [0.2, 0.25) is 0 Å². The standard InChI is InChI=1S/C10H21NOS/c1-11(7-8-13-2)9-5-3-4-6-10(9)12/h9-10,12H,3-8H2,1-2H3/t9-,10-/m1/s1. The van der Waals surface area contributed by atoms with Gasteiger partial charge in [0.25, 0.3) is 0 Å². The number of thioether (sulfide) groups is 1. The highest BCUT2D eigenvalue weighted by atomic mass is 32.2. The Kier molecular flexibility index (Phi) is 5.14. The van der Waals surface area contributed by atoms with Crippen molar-refractivity contribution in [1.82, 2.24) is 4.90 Å². The molecule has 3 heteroatoms. The zero-order valence-corrected chi connectivity index (χ0v) is 9.52. The van der Waals surface area contributed by atoms with E-state index in [-0.39, 0.29) is 6.10 Å².